The number of likely N-dealkylation sites (tertiary alicyclic amines) is 1. The van der Waals surface area contributed by atoms with Crippen LogP contribution in [0.5, 0.6) is 0 Å². The maximum absolute atomic E-state index is 11.8. The summed E-state index contributed by atoms with van der Waals surface area (Å²) >= 11 is 0. The Kier molecular flexibility index (Phi) is 2.83. The standard InChI is InChI=1S/C8H12F3NO/c1-6-3-2-4-12(6)7(13)5-8(9,10)11/h6H,2-5H2,1H3. The molecule has 0 aromatic rings. The van der Waals surface area contributed by atoms with Crippen molar-refractivity contribution >= 4 is 5.91 Å². The van der Waals surface area contributed by atoms with Gasteiger partial charge in [-0.1, -0.05) is 0 Å². The summed E-state index contributed by atoms with van der Waals surface area (Å²) in [7, 11) is 0. The number of alkyl halides is 3. The quantitative estimate of drug-likeness (QED) is 0.626. The van der Waals surface area contributed by atoms with Crippen molar-refractivity contribution in [2.45, 2.75) is 38.4 Å². The van der Waals surface area contributed by atoms with Gasteiger partial charge < -0.3 is 4.90 Å². The molecule has 1 heterocycles. The van der Waals surface area contributed by atoms with Gasteiger partial charge in [-0.15, -0.1) is 0 Å². The fourth-order valence-electron chi connectivity index (χ4n) is 1.58. The summed E-state index contributed by atoms with van der Waals surface area (Å²) in [5, 5.41) is 0. The highest BCUT2D eigenvalue weighted by atomic mass is 19.4. The van der Waals surface area contributed by atoms with E-state index in [4.69, 9.17) is 0 Å². The zero-order chi connectivity index (χ0) is 10.1. The molecule has 1 amide bonds. The highest BCUT2D eigenvalue weighted by Crippen LogP contribution is 2.24. The molecule has 0 aromatic heterocycles. The highest BCUT2D eigenvalue weighted by molar-refractivity contribution is 5.77. The van der Waals surface area contributed by atoms with Crippen LogP contribution in [0.2, 0.25) is 0 Å². The van der Waals surface area contributed by atoms with E-state index >= 15 is 0 Å². The van der Waals surface area contributed by atoms with E-state index in [0.717, 1.165) is 12.8 Å². The molecule has 0 aliphatic carbocycles. The topological polar surface area (TPSA) is 20.3 Å². The predicted molar refractivity (Wildman–Crippen MR) is 41.1 cm³/mol. The zero-order valence-electron chi connectivity index (χ0n) is 7.40. The maximum Gasteiger partial charge on any atom is 0.397 e. The first-order valence-corrected chi connectivity index (χ1v) is 4.26. The summed E-state index contributed by atoms with van der Waals surface area (Å²) in [4.78, 5) is 12.4. The van der Waals surface area contributed by atoms with E-state index in [1.54, 1.807) is 6.92 Å². The molecule has 1 aliphatic heterocycles. The lowest BCUT2D eigenvalue weighted by molar-refractivity contribution is -0.161. The Labute approximate surface area is 74.7 Å². The molecule has 2 nitrogen and oxygen atoms in total. The van der Waals surface area contributed by atoms with Gasteiger partial charge in [-0.05, 0) is 19.8 Å². The van der Waals surface area contributed by atoms with Crippen molar-refractivity contribution in [3.63, 3.8) is 0 Å². The normalized spacial score (nSPS) is 23.7. The minimum absolute atomic E-state index is 0.0325. The van der Waals surface area contributed by atoms with Gasteiger partial charge in [0.15, 0.2) is 0 Å². The van der Waals surface area contributed by atoms with Crippen molar-refractivity contribution in [3.8, 4) is 0 Å². The van der Waals surface area contributed by atoms with Crippen LogP contribution in [-0.2, 0) is 4.79 Å². The van der Waals surface area contributed by atoms with Gasteiger partial charge in [-0.2, -0.15) is 13.2 Å². The molecular weight excluding hydrogens is 183 g/mol. The molecule has 0 spiro atoms. The van der Waals surface area contributed by atoms with Crippen LogP contribution >= 0.6 is 0 Å². The van der Waals surface area contributed by atoms with Crippen LogP contribution in [0, 0.1) is 0 Å². The molecule has 0 N–H and O–H groups in total. The number of hydrogen-bond acceptors (Lipinski definition) is 1. The summed E-state index contributed by atoms with van der Waals surface area (Å²) in [5.41, 5.74) is 0. The Morgan fingerprint density at radius 2 is 2.15 bits per heavy atom. The molecule has 1 fully saturated rings. The van der Waals surface area contributed by atoms with E-state index in [1.165, 1.54) is 4.90 Å². The number of halogens is 3. The summed E-state index contributed by atoms with van der Waals surface area (Å²) in [6.45, 7) is 2.25. The van der Waals surface area contributed by atoms with Gasteiger partial charge in [0.05, 0.1) is 0 Å². The Bertz CT molecular complexity index is 202. The Hall–Kier alpha value is -0.740. The molecule has 76 valence electrons. The third kappa shape index (κ3) is 2.90. The smallest absolute Gasteiger partial charge is 0.340 e. The largest absolute Gasteiger partial charge is 0.397 e. The Morgan fingerprint density at radius 3 is 2.54 bits per heavy atom. The molecule has 13 heavy (non-hydrogen) atoms. The predicted octanol–water partition coefficient (Wildman–Crippen LogP) is 1.95. The third-order valence-corrected chi connectivity index (χ3v) is 2.22. The van der Waals surface area contributed by atoms with E-state index in [-0.39, 0.29) is 6.04 Å². The molecule has 1 saturated heterocycles. The van der Waals surface area contributed by atoms with Crippen LogP contribution in [-0.4, -0.2) is 29.6 Å². The minimum atomic E-state index is -4.38. The van der Waals surface area contributed by atoms with E-state index in [0.29, 0.717) is 6.54 Å². The van der Waals surface area contributed by atoms with Crippen LogP contribution in [0.15, 0.2) is 0 Å². The molecule has 5 heteroatoms. The molecular formula is C8H12F3NO. The van der Waals surface area contributed by atoms with Gasteiger partial charge in [0.2, 0.25) is 5.91 Å². The minimum Gasteiger partial charge on any atom is -0.340 e. The highest BCUT2D eigenvalue weighted by Gasteiger charge is 2.35. The lowest BCUT2D eigenvalue weighted by Gasteiger charge is -2.21. The van der Waals surface area contributed by atoms with Crippen molar-refractivity contribution in [1.82, 2.24) is 4.90 Å². The molecule has 1 rings (SSSR count). The molecule has 0 bridgehead atoms. The fourth-order valence-corrected chi connectivity index (χ4v) is 1.58. The van der Waals surface area contributed by atoms with Crippen molar-refractivity contribution in [1.29, 1.82) is 0 Å². The maximum atomic E-state index is 11.8. The monoisotopic (exact) mass is 195 g/mol. The van der Waals surface area contributed by atoms with Gasteiger partial charge in [0.25, 0.3) is 0 Å². The van der Waals surface area contributed by atoms with Gasteiger partial charge in [0, 0.05) is 12.6 Å². The zero-order valence-corrected chi connectivity index (χ0v) is 7.40. The van der Waals surface area contributed by atoms with Gasteiger partial charge in [0.1, 0.15) is 6.42 Å². The average molecular weight is 195 g/mol. The van der Waals surface area contributed by atoms with Crippen molar-refractivity contribution in [2.24, 2.45) is 0 Å². The van der Waals surface area contributed by atoms with Gasteiger partial charge >= 0.3 is 6.18 Å². The van der Waals surface area contributed by atoms with Crippen LogP contribution < -0.4 is 0 Å². The number of carbonyl (C=O) groups is 1. The summed E-state index contributed by atoms with van der Waals surface area (Å²) in [6, 6.07) is -0.0325. The first-order chi connectivity index (χ1) is 5.90. The Morgan fingerprint density at radius 1 is 1.54 bits per heavy atom. The molecule has 0 saturated carbocycles. The third-order valence-electron chi connectivity index (χ3n) is 2.22. The van der Waals surface area contributed by atoms with E-state index in [9.17, 15) is 18.0 Å². The second kappa shape index (κ2) is 3.55. The SMILES string of the molecule is CC1CCCN1C(=O)CC(F)(F)F. The Balaban J connectivity index is 2.48. The molecule has 1 atom stereocenters. The van der Waals surface area contributed by atoms with E-state index < -0.39 is 18.5 Å². The molecule has 0 radical (unpaired) electrons. The van der Waals surface area contributed by atoms with Crippen molar-refractivity contribution in [2.75, 3.05) is 6.54 Å². The van der Waals surface area contributed by atoms with Crippen molar-refractivity contribution in [3.05, 3.63) is 0 Å². The molecule has 0 aromatic carbocycles. The summed E-state index contributed by atoms with van der Waals surface area (Å²) in [6.07, 6.45) is -4.08. The van der Waals surface area contributed by atoms with E-state index in [1.807, 2.05) is 0 Å². The van der Waals surface area contributed by atoms with Crippen molar-refractivity contribution < 1.29 is 18.0 Å². The number of amides is 1. The van der Waals surface area contributed by atoms with Crippen LogP contribution in [0.25, 0.3) is 0 Å². The van der Waals surface area contributed by atoms with Crippen LogP contribution in [0.3, 0.4) is 0 Å². The number of rotatable bonds is 1. The second-order valence-electron chi connectivity index (χ2n) is 3.37. The molecule has 1 unspecified atom stereocenters. The first-order valence-electron chi connectivity index (χ1n) is 4.26. The lowest BCUT2D eigenvalue weighted by atomic mass is 10.2. The first kappa shape index (κ1) is 10.3. The van der Waals surface area contributed by atoms with Gasteiger partial charge in [-0.3, -0.25) is 4.79 Å². The number of nitrogens with zero attached hydrogens (tertiary/aromatic N) is 1. The van der Waals surface area contributed by atoms with E-state index in [2.05, 4.69) is 0 Å². The van der Waals surface area contributed by atoms with Crippen LogP contribution in [0.1, 0.15) is 26.2 Å². The molecule has 1 aliphatic rings. The lowest BCUT2D eigenvalue weighted by Crippen LogP contribution is -2.36. The summed E-state index contributed by atoms with van der Waals surface area (Å²) in [5.74, 6) is -0.794. The van der Waals surface area contributed by atoms with Crippen LogP contribution in [0.4, 0.5) is 13.2 Å². The number of carbonyl (C=O) groups excluding carboxylic acids is 1. The van der Waals surface area contributed by atoms with Gasteiger partial charge in [-0.25, -0.2) is 0 Å². The number of hydrogen-bond donors (Lipinski definition) is 0. The second-order valence-corrected chi connectivity index (χ2v) is 3.37. The fraction of sp³-hybridized carbons (Fsp3) is 0.875. The average Bonchev–Trinajstić information content (AvgIpc) is 2.30. The summed E-state index contributed by atoms with van der Waals surface area (Å²) < 4.78 is 35.5.